The average Bonchev–Trinajstić information content (AvgIpc) is 2.51. The van der Waals surface area contributed by atoms with Crippen molar-refractivity contribution in [2.75, 3.05) is 6.54 Å². The van der Waals surface area contributed by atoms with E-state index in [2.05, 4.69) is 70.7 Å². The van der Waals surface area contributed by atoms with E-state index in [1.54, 1.807) is 0 Å². The van der Waals surface area contributed by atoms with Crippen molar-refractivity contribution < 1.29 is 5.11 Å². The number of hydrogen-bond donors (Lipinski definition) is 1. The predicted octanol–water partition coefficient (Wildman–Crippen LogP) is 5.82. The highest BCUT2D eigenvalue weighted by molar-refractivity contribution is 5.44. The van der Waals surface area contributed by atoms with Crippen molar-refractivity contribution in [2.45, 2.75) is 72.9 Å². The van der Waals surface area contributed by atoms with Gasteiger partial charge in [-0.25, -0.2) is 0 Å². The van der Waals surface area contributed by atoms with E-state index >= 15 is 0 Å². The first kappa shape index (κ1) is 20.5. The molecule has 2 nitrogen and oxygen atoms in total. The molecule has 1 unspecified atom stereocenters. The SMILES string of the molecule is CC=CC(=CC)C(CCN(C(C)C)C(C)C)c1cc(C)ccc1O. The highest BCUT2D eigenvalue weighted by atomic mass is 16.3. The van der Waals surface area contributed by atoms with Crippen LogP contribution in [0.2, 0.25) is 0 Å². The van der Waals surface area contributed by atoms with Gasteiger partial charge in [0.1, 0.15) is 5.75 Å². The van der Waals surface area contributed by atoms with Gasteiger partial charge in [0, 0.05) is 23.6 Å². The number of rotatable bonds is 8. The summed E-state index contributed by atoms with van der Waals surface area (Å²) in [6.07, 6.45) is 7.41. The number of hydrogen-bond acceptors (Lipinski definition) is 2. The second kappa shape index (κ2) is 9.68. The van der Waals surface area contributed by atoms with Crippen LogP contribution in [0, 0.1) is 6.92 Å². The molecule has 0 spiro atoms. The summed E-state index contributed by atoms with van der Waals surface area (Å²) in [5.74, 6) is 0.612. The molecule has 2 heteroatoms. The molecule has 0 bridgehead atoms. The molecule has 134 valence electrons. The van der Waals surface area contributed by atoms with E-state index in [9.17, 15) is 5.11 Å². The van der Waals surface area contributed by atoms with Crippen molar-refractivity contribution in [2.24, 2.45) is 0 Å². The summed E-state index contributed by atoms with van der Waals surface area (Å²) in [4.78, 5) is 2.52. The van der Waals surface area contributed by atoms with Gasteiger partial charge in [-0.1, -0.05) is 35.9 Å². The molecular weight excluding hydrogens is 294 g/mol. The molecule has 1 rings (SSSR count). The Labute approximate surface area is 148 Å². The van der Waals surface area contributed by atoms with E-state index in [0.717, 1.165) is 18.5 Å². The molecule has 0 aromatic heterocycles. The van der Waals surface area contributed by atoms with Gasteiger partial charge in [-0.2, -0.15) is 0 Å². The summed E-state index contributed by atoms with van der Waals surface area (Å²) in [6, 6.07) is 6.96. The Kier molecular flexibility index (Phi) is 8.27. The van der Waals surface area contributed by atoms with Gasteiger partial charge in [-0.15, -0.1) is 0 Å². The number of nitrogens with zero attached hydrogens (tertiary/aromatic N) is 1. The zero-order chi connectivity index (χ0) is 18.3. The maximum absolute atomic E-state index is 10.4. The van der Waals surface area contributed by atoms with Crippen LogP contribution in [0.5, 0.6) is 5.75 Å². The number of aryl methyl sites for hydroxylation is 1. The van der Waals surface area contributed by atoms with Crippen molar-refractivity contribution in [3.63, 3.8) is 0 Å². The van der Waals surface area contributed by atoms with Gasteiger partial charge in [-0.05, 0) is 73.1 Å². The lowest BCUT2D eigenvalue weighted by atomic mass is 9.86. The number of benzene rings is 1. The summed E-state index contributed by atoms with van der Waals surface area (Å²) < 4.78 is 0. The molecule has 1 atom stereocenters. The smallest absolute Gasteiger partial charge is 0.119 e. The fourth-order valence-electron chi connectivity index (χ4n) is 3.45. The lowest BCUT2D eigenvalue weighted by Crippen LogP contribution is -2.38. The summed E-state index contributed by atoms with van der Waals surface area (Å²) in [5.41, 5.74) is 3.49. The minimum atomic E-state index is 0.214. The molecule has 0 saturated heterocycles. The Balaban J connectivity index is 3.17. The molecule has 0 radical (unpaired) electrons. The van der Waals surface area contributed by atoms with Gasteiger partial charge < -0.3 is 5.11 Å². The third-order valence-corrected chi connectivity index (χ3v) is 4.66. The van der Waals surface area contributed by atoms with Gasteiger partial charge in [0.05, 0.1) is 0 Å². The molecule has 0 heterocycles. The third-order valence-electron chi connectivity index (χ3n) is 4.66. The van der Waals surface area contributed by atoms with Gasteiger partial charge in [0.25, 0.3) is 0 Å². The molecule has 0 fully saturated rings. The second-order valence-electron chi connectivity index (χ2n) is 7.12. The standard InChI is InChI=1S/C22H35NO/c1-8-10-19(9-2)20(13-14-23(16(3)4)17(5)6)21-15-18(7)11-12-22(21)24/h8-12,15-17,20,24H,13-14H2,1-7H3. The van der Waals surface area contributed by atoms with Gasteiger partial charge >= 0.3 is 0 Å². The monoisotopic (exact) mass is 329 g/mol. The Bertz CT molecular complexity index is 561. The van der Waals surface area contributed by atoms with Crippen LogP contribution in [0.25, 0.3) is 0 Å². The van der Waals surface area contributed by atoms with Gasteiger partial charge in [0.15, 0.2) is 0 Å². The number of aromatic hydroxyl groups is 1. The number of phenolic OH excluding ortho intramolecular Hbond substituents is 1. The van der Waals surface area contributed by atoms with E-state index in [1.807, 2.05) is 19.1 Å². The van der Waals surface area contributed by atoms with Crippen molar-refractivity contribution in [3.05, 3.63) is 53.1 Å². The van der Waals surface area contributed by atoms with Crippen molar-refractivity contribution in [1.29, 1.82) is 0 Å². The molecule has 1 aromatic rings. The van der Waals surface area contributed by atoms with E-state index in [0.29, 0.717) is 17.8 Å². The Hall–Kier alpha value is -1.54. The molecule has 24 heavy (non-hydrogen) atoms. The predicted molar refractivity (Wildman–Crippen MR) is 106 cm³/mol. The molecule has 0 aliphatic rings. The van der Waals surface area contributed by atoms with Crippen molar-refractivity contribution in [3.8, 4) is 5.75 Å². The molecule has 1 N–H and O–H groups in total. The fourth-order valence-corrected chi connectivity index (χ4v) is 3.45. The quantitative estimate of drug-likeness (QED) is 0.608. The second-order valence-corrected chi connectivity index (χ2v) is 7.12. The molecule has 0 saturated carbocycles. The number of allylic oxidation sites excluding steroid dienone is 4. The lowest BCUT2D eigenvalue weighted by molar-refractivity contribution is 0.170. The average molecular weight is 330 g/mol. The molecule has 0 amide bonds. The van der Waals surface area contributed by atoms with Crippen LogP contribution in [0.3, 0.4) is 0 Å². The molecule has 1 aromatic carbocycles. The molecule has 0 aliphatic carbocycles. The summed E-state index contributed by atoms with van der Waals surface area (Å²) >= 11 is 0. The van der Waals surface area contributed by atoms with Crippen molar-refractivity contribution in [1.82, 2.24) is 4.90 Å². The zero-order valence-electron chi connectivity index (χ0n) is 16.5. The van der Waals surface area contributed by atoms with E-state index < -0.39 is 0 Å². The van der Waals surface area contributed by atoms with Crippen LogP contribution in [0.4, 0.5) is 0 Å². The van der Waals surface area contributed by atoms with Crippen LogP contribution in [-0.2, 0) is 0 Å². The minimum Gasteiger partial charge on any atom is -0.508 e. The Morgan fingerprint density at radius 1 is 1.12 bits per heavy atom. The fraction of sp³-hybridized carbons (Fsp3) is 0.545. The largest absolute Gasteiger partial charge is 0.508 e. The zero-order valence-corrected chi connectivity index (χ0v) is 16.5. The summed E-state index contributed by atoms with van der Waals surface area (Å²) in [5, 5.41) is 10.4. The van der Waals surface area contributed by atoms with E-state index in [-0.39, 0.29) is 5.92 Å². The van der Waals surface area contributed by atoms with E-state index in [1.165, 1.54) is 11.1 Å². The highest BCUT2D eigenvalue weighted by Crippen LogP contribution is 2.35. The topological polar surface area (TPSA) is 23.5 Å². The first-order valence-corrected chi connectivity index (χ1v) is 9.15. The van der Waals surface area contributed by atoms with Gasteiger partial charge in [-0.3, -0.25) is 4.90 Å². The third kappa shape index (κ3) is 5.52. The molecular formula is C22H35NO. The van der Waals surface area contributed by atoms with Crippen LogP contribution in [0.15, 0.2) is 42.0 Å². The Morgan fingerprint density at radius 2 is 1.75 bits per heavy atom. The number of phenols is 1. The van der Waals surface area contributed by atoms with Crippen LogP contribution >= 0.6 is 0 Å². The first-order chi connectivity index (χ1) is 11.3. The minimum absolute atomic E-state index is 0.214. The van der Waals surface area contributed by atoms with Crippen LogP contribution in [0.1, 0.15) is 65.0 Å². The highest BCUT2D eigenvalue weighted by Gasteiger charge is 2.21. The van der Waals surface area contributed by atoms with Crippen LogP contribution < -0.4 is 0 Å². The summed E-state index contributed by atoms with van der Waals surface area (Å²) in [7, 11) is 0. The molecule has 0 aliphatic heterocycles. The van der Waals surface area contributed by atoms with Gasteiger partial charge in [0.2, 0.25) is 0 Å². The first-order valence-electron chi connectivity index (χ1n) is 9.15. The van der Waals surface area contributed by atoms with Crippen LogP contribution in [-0.4, -0.2) is 28.6 Å². The normalized spacial score (nSPS) is 14.3. The lowest BCUT2D eigenvalue weighted by Gasteiger charge is -2.32. The maximum Gasteiger partial charge on any atom is 0.119 e. The van der Waals surface area contributed by atoms with E-state index in [4.69, 9.17) is 0 Å². The Morgan fingerprint density at radius 3 is 2.25 bits per heavy atom. The van der Waals surface area contributed by atoms with Crippen molar-refractivity contribution >= 4 is 0 Å². The summed E-state index contributed by atoms with van der Waals surface area (Å²) in [6.45, 7) is 16.2. The maximum atomic E-state index is 10.4.